The van der Waals surface area contributed by atoms with E-state index in [1.54, 1.807) is 0 Å². The van der Waals surface area contributed by atoms with E-state index in [2.05, 4.69) is 25.7 Å². The first-order chi connectivity index (χ1) is 4.52. The van der Waals surface area contributed by atoms with Gasteiger partial charge in [0.1, 0.15) is 0 Å². The Hall–Kier alpha value is 0.247. The van der Waals surface area contributed by atoms with Crippen LogP contribution in [0.5, 0.6) is 0 Å². The molecule has 58 valence electrons. The Bertz CT molecular complexity index is 155. The van der Waals surface area contributed by atoms with E-state index in [9.17, 15) is 0 Å². The summed E-state index contributed by atoms with van der Waals surface area (Å²) < 4.78 is 0. The molecule has 1 aliphatic rings. The standard InChI is InChI=1S/C8H15ClSi/c1-10(2,3)8-6-4-5-7(8)9/h5,8H,4,6H2,1-3H3. The first kappa shape index (κ1) is 8.34. The minimum atomic E-state index is -0.987. The molecule has 0 amide bonds. The smallest absolute Gasteiger partial charge is 0.0533 e. The molecule has 0 aromatic carbocycles. The maximum atomic E-state index is 6.06. The van der Waals surface area contributed by atoms with E-state index in [1.807, 2.05) is 0 Å². The van der Waals surface area contributed by atoms with Gasteiger partial charge in [-0.15, -0.1) is 0 Å². The molecule has 0 aromatic heterocycles. The van der Waals surface area contributed by atoms with Gasteiger partial charge in [-0.25, -0.2) is 0 Å². The van der Waals surface area contributed by atoms with Crippen molar-refractivity contribution in [3.8, 4) is 0 Å². The van der Waals surface area contributed by atoms with E-state index in [1.165, 1.54) is 12.8 Å². The Morgan fingerprint density at radius 1 is 1.50 bits per heavy atom. The van der Waals surface area contributed by atoms with Crippen molar-refractivity contribution in [3.63, 3.8) is 0 Å². The van der Waals surface area contributed by atoms with Gasteiger partial charge in [-0.2, -0.15) is 0 Å². The molecule has 2 heteroatoms. The van der Waals surface area contributed by atoms with Crippen molar-refractivity contribution in [1.82, 2.24) is 0 Å². The van der Waals surface area contributed by atoms with Crippen LogP contribution < -0.4 is 0 Å². The summed E-state index contributed by atoms with van der Waals surface area (Å²) >= 11 is 6.06. The summed E-state index contributed by atoms with van der Waals surface area (Å²) in [6.45, 7) is 7.16. The summed E-state index contributed by atoms with van der Waals surface area (Å²) in [6.07, 6.45) is 4.69. The fraction of sp³-hybridized carbons (Fsp3) is 0.750. The van der Waals surface area contributed by atoms with Gasteiger partial charge in [0.15, 0.2) is 0 Å². The van der Waals surface area contributed by atoms with Crippen LogP contribution in [0, 0.1) is 0 Å². The first-order valence-corrected chi connectivity index (χ1v) is 7.83. The average molecular weight is 175 g/mol. The van der Waals surface area contributed by atoms with E-state index < -0.39 is 8.07 Å². The molecule has 10 heavy (non-hydrogen) atoms. The van der Waals surface area contributed by atoms with E-state index in [0.29, 0.717) is 0 Å². The van der Waals surface area contributed by atoms with Crippen molar-refractivity contribution in [3.05, 3.63) is 11.1 Å². The van der Waals surface area contributed by atoms with Crippen molar-refractivity contribution in [1.29, 1.82) is 0 Å². The summed E-state index contributed by atoms with van der Waals surface area (Å²) in [5.74, 6) is 0. The number of hydrogen-bond acceptors (Lipinski definition) is 0. The first-order valence-electron chi connectivity index (χ1n) is 3.87. The third-order valence-corrected chi connectivity index (χ3v) is 5.46. The lowest BCUT2D eigenvalue weighted by molar-refractivity contribution is 0.889. The molecule has 0 saturated carbocycles. The fourth-order valence-electron chi connectivity index (χ4n) is 1.51. The minimum absolute atomic E-state index is 0.745. The molecule has 0 saturated heterocycles. The van der Waals surface area contributed by atoms with E-state index in [4.69, 9.17) is 11.6 Å². The van der Waals surface area contributed by atoms with Gasteiger partial charge in [0.2, 0.25) is 0 Å². The number of hydrogen-bond donors (Lipinski definition) is 0. The molecule has 0 heterocycles. The predicted molar refractivity (Wildman–Crippen MR) is 50.3 cm³/mol. The van der Waals surface area contributed by atoms with Gasteiger partial charge in [0, 0.05) is 5.03 Å². The number of halogens is 1. The minimum Gasteiger partial charge on any atom is -0.0895 e. The summed E-state index contributed by atoms with van der Waals surface area (Å²) in [5.41, 5.74) is 0.745. The van der Waals surface area contributed by atoms with Crippen molar-refractivity contribution < 1.29 is 0 Å². The molecule has 0 nitrogen and oxygen atoms in total. The van der Waals surface area contributed by atoms with E-state index in [-0.39, 0.29) is 0 Å². The summed E-state index contributed by atoms with van der Waals surface area (Å²) in [7, 11) is -0.987. The highest BCUT2D eigenvalue weighted by Crippen LogP contribution is 2.41. The Kier molecular flexibility index (Phi) is 2.26. The van der Waals surface area contributed by atoms with E-state index in [0.717, 1.165) is 10.6 Å². The van der Waals surface area contributed by atoms with Gasteiger partial charge in [0.25, 0.3) is 0 Å². The van der Waals surface area contributed by atoms with Crippen LogP contribution in [0.25, 0.3) is 0 Å². The second kappa shape index (κ2) is 2.71. The van der Waals surface area contributed by atoms with Gasteiger partial charge in [-0.1, -0.05) is 37.3 Å². The molecule has 0 aliphatic heterocycles. The Morgan fingerprint density at radius 2 is 2.10 bits per heavy atom. The zero-order valence-corrected chi connectivity index (χ0v) is 8.70. The van der Waals surface area contributed by atoms with Crippen LogP contribution in [-0.2, 0) is 0 Å². The molecular formula is C8H15ClSi. The maximum Gasteiger partial charge on any atom is 0.0533 e. The molecule has 0 N–H and O–H groups in total. The molecule has 1 rings (SSSR count). The number of rotatable bonds is 1. The highest BCUT2D eigenvalue weighted by molar-refractivity contribution is 6.79. The van der Waals surface area contributed by atoms with Gasteiger partial charge in [-0.3, -0.25) is 0 Å². The van der Waals surface area contributed by atoms with Crippen LogP contribution in [0.1, 0.15) is 12.8 Å². The topological polar surface area (TPSA) is 0 Å². The molecule has 1 unspecified atom stereocenters. The summed E-state index contributed by atoms with van der Waals surface area (Å²) in [4.78, 5) is 0. The second-order valence-corrected chi connectivity index (χ2v) is 9.95. The van der Waals surface area contributed by atoms with Gasteiger partial charge in [0.05, 0.1) is 8.07 Å². The SMILES string of the molecule is C[Si](C)(C)C1CCC=C1Cl. The Balaban J connectivity index is 2.67. The molecule has 0 bridgehead atoms. The summed E-state index contributed by atoms with van der Waals surface area (Å²) in [5, 5.41) is 1.14. The lowest BCUT2D eigenvalue weighted by atomic mass is 10.3. The normalized spacial score (nSPS) is 26.8. The average Bonchev–Trinajstić information content (AvgIpc) is 2.11. The second-order valence-electron chi connectivity index (χ2n) is 4.08. The molecule has 1 atom stereocenters. The van der Waals surface area contributed by atoms with Crippen LogP contribution in [0.2, 0.25) is 25.2 Å². The lowest BCUT2D eigenvalue weighted by Gasteiger charge is -2.24. The van der Waals surface area contributed by atoms with Crippen LogP contribution in [0.15, 0.2) is 11.1 Å². The van der Waals surface area contributed by atoms with E-state index >= 15 is 0 Å². The highest BCUT2D eigenvalue weighted by atomic mass is 35.5. The molecule has 1 aliphatic carbocycles. The third kappa shape index (κ3) is 1.64. The number of allylic oxidation sites excluding steroid dienone is 2. The Morgan fingerprint density at radius 3 is 2.30 bits per heavy atom. The third-order valence-electron chi connectivity index (χ3n) is 2.17. The highest BCUT2D eigenvalue weighted by Gasteiger charge is 2.30. The van der Waals surface area contributed by atoms with Gasteiger partial charge in [-0.05, 0) is 18.4 Å². The molecule has 0 radical (unpaired) electrons. The van der Waals surface area contributed by atoms with Crippen LogP contribution in [0.3, 0.4) is 0 Å². The van der Waals surface area contributed by atoms with Crippen LogP contribution in [0.4, 0.5) is 0 Å². The lowest BCUT2D eigenvalue weighted by Crippen LogP contribution is -2.26. The van der Waals surface area contributed by atoms with Gasteiger partial charge >= 0.3 is 0 Å². The summed E-state index contributed by atoms with van der Waals surface area (Å²) in [6, 6.07) is 0. The van der Waals surface area contributed by atoms with Gasteiger partial charge < -0.3 is 0 Å². The molecule has 0 spiro atoms. The van der Waals surface area contributed by atoms with Crippen molar-refractivity contribution in [2.45, 2.75) is 38.0 Å². The van der Waals surface area contributed by atoms with Crippen LogP contribution >= 0.6 is 11.6 Å². The maximum absolute atomic E-state index is 6.06. The molecular weight excluding hydrogens is 160 g/mol. The Labute approximate surface area is 69.3 Å². The zero-order chi connectivity index (χ0) is 7.78. The zero-order valence-electron chi connectivity index (χ0n) is 6.95. The predicted octanol–water partition coefficient (Wildman–Crippen LogP) is 3.61. The fourth-order valence-corrected chi connectivity index (χ4v) is 4.69. The van der Waals surface area contributed by atoms with Crippen molar-refractivity contribution in [2.75, 3.05) is 0 Å². The van der Waals surface area contributed by atoms with Crippen LogP contribution in [-0.4, -0.2) is 8.07 Å². The quantitative estimate of drug-likeness (QED) is 0.533. The molecule has 0 aromatic rings. The monoisotopic (exact) mass is 174 g/mol. The van der Waals surface area contributed by atoms with Crippen molar-refractivity contribution >= 4 is 19.7 Å². The molecule has 0 fully saturated rings. The largest absolute Gasteiger partial charge is 0.0895 e. The van der Waals surface area contributed by atoms with Crippen molar-refractivity contribution in [2.24, 2.45) is 0 Å².